The molecule has 2 N–H and O–H groups in total. The van der Waals surface area contributed by atoms with Crippen LogP contribution in [0.3, 0.4) is 0 Å². The van der Waals surface area contributed by atoms with Crippen molar-refractivity contribution in [2.45, 2.75) is 0 Å². The van der Waals surface area contributed by atoms with Gasteiger partial charge in [-0.15, -0.1) is 12.4 Å². The smallest absolute Gasteiger partial charge is 0.175 e. The Kier molecular flexibility index (Phi) is 3.27. The molecule has 1 heterocycles. The predicted octanol–water partition coefficient (Wildman–Crippen LogP) is 2.22. The predicted molar refractivity (Wildman–Crippen MR) is 56.8 cm³/mol. The van der Waals surface area contributed by atoms with Crippen molar-refractivity contribution in [2.24, 2.45) is 0 Å². The van der Waals surface area contributed by atoms with Gasteiger partial charge in [-0.1, -0.05) is 0 Å². The van der Waals surface area contributed by atoms with E-state index in [1.807, 2.05) is 0 Å². The summed E-state index contributed by atoms with van der Waals surface area (Å²) in [5, 5.41) is 0. The van der Waals surface area contributed by atoms with Crippen molar-refractivity contribution < 1.29 is 9.47 Å². The first kappa shape index (κ1) is 10.5. The normalized spacial score (nSPS) is 13.3. The molecule has 1 aromatic rings. The van der Waals surface area contributed by atoms with Gasteiger partial charge in [0, 0.05) is 11.8 Å². The summed E-state index contributed by atoms with van der Waals surface area (Å²) in [5.74, 6) is 1.46. The van der Waals surface area contributed by atoms with Crippen molar-refractivity contribution >= 4 is 34.0 Å². The van der Waals surface area contributed by atoms with Crippen LogP contribution in [0.2, 0.25) is 0 Å². The lowest BCUT2D eigenvalue weighted by Gasteiger charge is -2.19. The maximum atomic E-state index is 5.62. The average Bonchev–Trinajstić information content (AvgIpc) is 2.04. The van der Waals surface area contributed by atoms with Gasteiger partial charge >= 0.3 is 0 Å². The van der Waals surface area contributed by atoms with Gasteiger partial charge in [0.15, 0.2) is 11.5 Å². The maximum absolute atomic E-state index is 5.62. The van der Waals surface area contributed by atoms with Gasteiger partial charge in [0.1, 0.15) is 13.2 Å². The van der Waals surface area contributed by atoms with E-state index in [4.69, 9.17) is 15.2 Å². The van der Waals surface area contributed by atoms with Gasteiger partial charge in [-0.25, -0.2) is 0 Å². The molecular weight excluding hydrogens is 257 g/mol. The number of nitrogen functional groups attached to an aromatic ring is 1. The average molecular weight is 267 g/mol. The number of fused-ring (bicyclic) bond motifs is 1. The summed E-state index contributed by atoms with van der Waals surface area (Å²) in [6, 6.07) is 3.56. The summed E-state index contributed by atoms with van der Waals surface area (Å²) in [7, 11) is 0. The summed E-state index contributed by atoms with van der Waals surface area (Å²) in [6.45, 7) is 1.18. The number of hydrogen-bond acceptors (Lipinski definition) is 3. The summed E-state index contributed by atoms with van der Waals surface area (Å²) >= 11 is 3.35. The molecule has 1 aromatic carbocycles. The minimum absolute atomic E-state index is 0. The lowest BCUT2D eigenvalue weighted by atomic mass is 10.3. The lowest BCUT2D eigenvalue weighted by molar-refractivity contribution is 0.170. The molecule has 0 fully saturated rings. The summed E-state index contributed by atoms with van der Waals surface area (Å²) in [6.07, 6.45) is 0. The van der Waals surface area contributed by atoms with Gasteiger partial charge in [0.2, 0.25) is 0 Å². The number of halogens is 2. The van der Waals surface area contributed by atoms with E-state index in [1.165, 1.54) is 0 Å². The number of rotatable bonds is 0. The Morgan fingerprint density at radius 2 is 1.92 bits per heavy atom. The van der Waals surface area contributed by atoms with Crippen molar-refractivity contribution in [3.63, 3.8) is 0 Å². The van der Waals surface area contributed by atoms with E-state index >= 15 is 0 Å². The maximum Gasteiger partial charge on any atom is 0.175 e. The van der Waals surface area contributed by atoms with Gasteiger partial charge in [0.25, 0.3) is 0 Å². The van der Waals surface area contributed by atoms with Crippen molar-refractivity contribution in [3.8, 4) is 11.5 Å². The molecule has 0 spiro atoms. The first-order valence-electron chi connectivity index (χ1n) is 3.62. The molecule has 0 amide bonds. The van der Waals surface area contributed by atoms with E-state index in [2.05, 4.69) is 15.9 Å². The first-order valence-corrected chi connectivity index (χ1v) is 4.41. The van der Waals surface area contributed by atoms with Crippen LogP contribution in [0.1, 0.15) is 0 Å². The lowest BCUT2D eigenvalue weighted by Crippen LogP contribution is -2.15. The Morgan fingerprint density at radius 1 is 1.23 bits per heavy atom. The van der Waals surface area contributed by atoms with Crippen molar-refractivity contribution in [2.75, 3.05) is 18.9 Å². The van der Waals surface area contributed by atoms with Crippen LogP contribution in [0.5, 0.6) is 11.5 Å². The molecule has 1 aliphatic heterocycles. The van der Waals surface area contributed by atoms with Crippen LogP contribution in [-0.2, 0) is 0 Å². The number of nitrogens with two attached hydrogens (primary N) is 1. The Balaban J connectivity index is 0.000000845. The zero-order valence-corrected chi connectivity index (χ0v) is 9.15. The Morgan fingerprint density at radius 3 is 2.69 bits per heavy atom. The highest BCUT2D eigenvalue weighted by Gasteiger charge is 2.14. The molecule has 0 radical (unpaired) electrons. The molecule has 0 unspecified atom stereocenters. The second kappa shape index (κ2) is 4.07. The third-order valence-electron chi connectivity index (χ3n) is 1.62. The van der Waals surface area contributed by atoms with Gasteiger partial charge in [0.05, 0.1) is 4.47 Å². The highest BCUT2D eigenvalue weighted by molar-refractivity contribution is 9.10. The van der Waals surface area contributed by atoms with Crippen LogP contribution >= 0.6 is 28.3 Å². The molecule has 0 saturated carbocycles. The van der Waals surface area contributed by atoms with E-state index in [1.54, 1.807) is 12.1 Å². The van der Waals surface area contributed by atoms with Crippen LogP contribution in [-0.4, -0.2) is 13.2 Å². The zero-order valence-electron chi connectivity index (χ0n) is 6.75. The molecule has 13 heavy (non-hydrogen) atoms. The van der Waals surface area contributed by atoms with Crippen molar-refractivity contribution in [1.82, 2.24) is 0 Å². The minimum Gasteiger partial charge on any atom is -0.486 e. The second-order valence-electron chi connectivity index (χ2n) is 2.53. The minimum atomic E-state index is 0. The van der Waals surface area contributed by atoms with Gasteiger partial charge in [-0.2, -0.15) is 0 Å². The van der Waals surface area contributed by atoms with Crippen LogP contribution in [0.4, 0.5) is 5.69 Å². The fraction of sp³-hybridized carbons (Fsp3) is 0.250. The molecule has 0 saturated heterocycles. The zero-order chi connectivity index (χ0) is 8.55. The van der Waals surface area contributed by atoms with Crippen LogP contribution < -0.4 is 15.2 Å². The Bertz CT molecular complexity index is 319. The third kappa shape index (κ3) is 2.00. The summed E-state index contributed by atoms with van der Waals surface area (Å²) < 4.78 is 11.6. The number of anilines is 1. The Hall–Kier alpha value is -0.610. The number of ether oxygens (including phenoxy) is 2. The Labute approximate surface area is 90.7 Å². The molecule has 5 heteroatoms. The van der Waals surface area contributed by atoms with Crippen LogP contribution in [0, 0.1) is 0 Å². The number of hydrogen-bond donors (Lipinski definition) is 1. The van der Waals surface area contributed by atoms with Gasteiger partial charge < -0.3 is 15.2 Å². The standard InChI is InChI=1S/C8H8BrNO2.ClH/c9-6-3-5(10)4-7-8(6)12-2-1-11-7;/h3-4H,1-2,10H2;1H. The highest BCUT2D eigenvalue weighted by Crippen LogP contribution is 2.39. The second-order valence-corrected chi connectivity index (χ2v) is 3.38. The molecule has 1 aliphatic rings. The van der Waals surface area contributed by atoms with Crippen molar-refractivity contribution in [1.29, 1.82) is 0 Å². The van der Waals surface area contributed by atoms with Gasteiger partial charge in [-0.05, 0) is 22.0 Å². The number of benzene rings is 1. The molecule has 3 nitrogen and oxygen atoms in total. The molecule has 0 atom stereocenters. The van der Waals surface area contributed by atoms with Crippen LogP contribution in [0.25, 0.3) is 0 Å². The highest BCUT2D eigenvalue weighted by atomic mass is 79.9. The van der Waals surface area contributed by atoms with E-state index in [0.29, 0.717) is 24.7 Å². The van der Waals surface area contributed by atoms with Gasteiger partial charge in [-0.3, -0.25) is 0 Å². The van der Waals surface area contributed by atoms with Crippen LogP contribution in [0.15, 0.2) is 16.6 Å². The van der Waals surface area contributed by atoms with E-state index in [-0.39, 0.29) is 12.4 Å². The van der Waals surface area contributed by atoms with E-state index < -0.39 is 0 Å². The van der Waals surface area contributed by atoms with E-state index in [9.17, 15) is 0 Å². The quantitative estimate of drug-likeness (QED) is 0.732. The van der Waals surface area contributed by atoms with Crippen molar-refractivity contribution in [3.05, 3.63) is 16.6 Å². The van der Waals surface area contributed by atoms with E-state index in [0.717, 1.165) is 10.2 Å². The topological polar surface area (TPSA) is 44.5 Å². The molecule has 2 rings (SSSR count). The SMILES string of the molecule is Cl.Nc1cc(Br)c2c(c1)OCCO2. The summed E-state index contributed by atoms with van der Waals surface area (Å²) in [4.78, 5) is 0. The monoisotopic (exact) mass is 265 g/mol. The fourth-order valence-electron chi connectivity index (χ4n) is 1.13. The molecule has 0 bridgehead atoms. The fourth-order valence-corrected chi connectivity index (χ4v) is 1.70. The molecular formula is C8H9BrClNO2. The largest absolute Gasteiger partial charge is 0.486 e. The summed E-state index contributed by atoms with van der Waals surface area (Å²) in [5.41, 5.74) is 6.29. The molecule has 0 aromatic heterocycles. The third-order valence-corrected chi connectivity index (χ3v) is 2.21. The molecule has 0 aliphatic carbocycles. The molecule has 72 valence electrons. The first-order chi connectivity index (χ1) is 5.77.